The number of carbonyl (C=O) groups excluding carboxylic acids is 2. The summed E-state index contributed by atoms with van der Waals surface area (Å²) < 4.78 is 27.7. The molecule has 1 spiro atoms. The molecule has 2 amide bonds. The molecule has 0 aromatic heterocycles. The van der Waals surface area contributed by atoms with Crippen LogP contribution in [0.25, 0.3) is 0 Å². The molecule has 3 aromatic rings. The van der Waals surface area contributed by atoms with Gasteiger partial charge in [0.2, 0.25) is 0 Å². The second kappa shape index (κ2) is 7.90. The molecule has 2 aliphatic heterocycles. The van der Waals surface area contributed by atoms with Crippen molar-refractivity contribution in [2.75, 3.05) is 17.2 Å². The fraction of sp³-hybridized carbons (Fsp3) is 0.167. The summed E-state index contributed by atoms with van der Waals surface area (Å²) in [6.45, 7) is 0.501. The van der Waals surface area contributed by atoms with E-state index < -0.39 is 22.4 Å². The Bertz CT molecular complexity index is 1240. The zero-order valence-electron chi connectivity index (χ0n) is 16.7. The molecule has 0 bridgehead atoms. The highest BCUT2D eigenvalue weighted by Gasteiger charge is 2.59. The lowest BCUT2D eigenvalue weighted by molar-refractivity contribution is -0.123. The minimum Gasteiger partial charge on any atom is -0.311 e. The topological polar surface area (TPSA) is 40.6 Å². The number of halogens is 3. The van der Waals surface area contributed by atoms with E-state index in [0.717, 1.165) is 5.56 Å². The van der Waals surface area contributed by atoms with Crippen molar-refractivity contribution in [3.8, 4) is 0 Å². The maximum Gasteiger partial charge on any atom is 0.268 e. The van der Waals surface area contributed by atoms with Gasteiger partial charge >= 0.3 is 0 Å². The number of anilines is 1. The number of thioether (sulfide) groups is 1. The van der Waals surface area contributed by atoms with Crippen LogP contribution in [-0.4, -0.2) is 29.0 Å². The molecular formula is C24H17ClF2N2O2S. The van der Waals surface area contributed by atoms with Crippen molar-refractivity contribution in [1.29, 1.82) is 0 Å². The summed E-state index contributed by atoms with van der Waals surface area (Å²) in [6.07, 6.45) is 0. The molecule has 5 rings (SSSR count). The lowest BCUT2D eigenvalue weighted by Crippen LogP contribution is -2.50. The zero-order valence-corrected chi connectivity index (χ0v) is 18.3. The second-order valence-electron chi connectivity index (χ2n) is 7.60. The van der Waals surface area contributed by atoms with Crippen molar-refractivity contribution < 1.29 is 18.4 Å². The monoisotopic (exact) mass is 470 g/mol. The van der Waals surface area contributed by atoms with Gasteiger partial charge < -0.3 is 9.80 Å². The van der Waals surface area contributed by atoms with E-state index in [-0.39, 0.29) is 18.0 Å². The Kier molecular flexibility index (Phi) is 5.18. The number of hydrogen-bond donors (Lipinski definition) is 0. The fourth-order valence-electron chi connectivity index (χ4n) is 4.29. The first-order valence-electron chi connectivity index (χ1n) is 9.99. The summed E-state index contributed by atoms with van der Waals surface area (Å²) in [6, 6.07) is 16.6. The molecule has 1 saturated heterocycles. The number of carbonyl (C=O) groups is 2. The summed E-state index contributed by atoms with van der Waals surface area (Å²) in [4.78, 5) is 28.9. The summed E-state index contributed by atoms with van der Waals surface area (Å²) in [7, 11) is 0. The van der Waals surface area contributed by atoms with Crippen molar-refractivity contribution >= 4 is 40.9 Å². The van der Waals surface area contributed by atoms with E-state index in [1.807, 2.05) is 12.1 Å². The quantitative estimate of drug-likeness (QED) is 0.528. The van der Waals surface area contributed by atoms with Crippen LogP contribution >= 0.6 is 23.4 Å². The van der Waals surface area contributed by atoms with Gasteiger partial charge in [0.1, 0.15) is 11.6 Å². The largest absolute Gasteiger partial charge is 0.311 e. The molecule has 0 unspecified atom stereocenters. The summed E-state index contributed by atoms with van der Waals surface area (Å²) in [5, 5.41) is 0.517. The van der Waals surface area contributed by atoms with Gasteiger partial charge in [-0.2, -0.15) is 0 Å². The minimum atomic E-state index is -1.38. The number of nitrogens with zero attached hydrogens (tertiary/aromatic N) is 2. The van der Waals surface area contributed by atoms with Crippen LogP contribution in [0.5, 0.6) is 0 Å². The van der Waals surface area contributed by atoms with Crippen molar-refractivity contribution in [1.82, 2.24) is 4.90 Å². The van der Waals surface area contributed by atoms with Crippen LogP contribution in [0.15, 0.2) is 66.7 Å². The number of fused-ring (bicyclic) bond motifs is 2. The molecule has 3 aromatic carbocycles. The van der Waals surface area contributed by atoms with E-state index in [1.165, 1.54) is 53.1 Å². The first kappa shape index (κ1) is 21.0. The molecular weight excluding hydrogens is 454 g/mol. The van der Waals surface area contributed by atoms with E-state index in [0.29, 0.717) is 28.6 Å². The molecule has 2 heterocycles. The summed E-state index contributed by atoms with van der Waals surface area (Å²) >= 11 is 7.63. The van der Waals surface area contributed by atoms with Crippen LogP contribution in [0.4, 0.5) is 14.5 Å². The molecule has 1 atom stereocenters. The fourth-order valence-corrected chi connectivity index (χ4v) is 5.94. The molecule has 32 heavy (non-hydrogen) atoms. The predicted octanol–water partition coefficient (Wildman–Crippen LogP) is 5.21. The molecule has 162 valence electrons. The number of rotatable bonds is 3. The number of hydrogen-bond acceptors (Lipinski definition) is 3. The Labute approximate surface area is 192 Å². The smallest absolute Gasteiger partial charge is 0.268 e. The van der Waals surface area contributed by atoms with E-state index in [4.69, 9.17) is 11.6 Å². The molecule has 0 radical (unpaired) electrons. The standard InChI is InChI=1S/C24H17ClF2N2O2S/c25-20-4-2-1-3-16(20)14-28-21-10-9-18(27)13-19(21)24(23(28)31)29(11-12-32-24)22(30)15-5-7-17(26)8-6-15/h1-10,13H,11-12,14H2/t24-/m0/s1. The van der Waals surface area contributed by atoms with E-state index in [2.05, 4.69) is 0 Å². The molecule has 2 aliphatic rings. The maximum atomic E-state index is 14.3. The van der Waals surface area contributed by atoms with Crippen LogP contribution < -0.4 is 4.90 Å². The number of amides is 2. The Morgan fingerprint density at radius 2 is 1.75 bits per heavy atom. The van der Waals surface area contributed by atoms with Gasteiger partial charge in [-0.25, -0.2) is 8.78 Å². The molecule has 1 fully saturated rings. The van der Waals surface area contributed by atoms with Crippen LogP contribution in [-0.2, 0) is 16.2 Å². The Hall–Kier alpha value is -2.90. The summed E-state index contributed by atoms with van der Waals surface area (Å²) in [5.74, 6) is -1.16. The van der Waals surface area contributed by atoms with Gasteiger partial charge in [0.05, 0.1) is 12.2 Å². The Morgan fingerprint density at radius 3 is 2.50 bits per heavy atom. The van der Waals surface area contributed by atoms with Gasteiger partial charge in [-0.05, 0) is 54.1 Å². The van der Waals surface area contributed by atoms with Crippen molar-refractivity contribution in [3.63, 3.8) is 0 Å². The van der Waals surface area contributed by atoms with E-state index in [9.17, 15) is 18.4 Å². The molecule has 8 heteroatoms. The van der Waals surface area contributed by atoms with E-state index in [1.54, 1.807) is 23.1 Å². The van der Waals surface area contributed by atoms with Gasteiger partial charge in [-0.3, -0.25) is 9.59 Å². The molecule has 4 nitrogen and oxygen atoms in total. The average molecular weight is 471 g/mol. The normalized spacial score (nSPS) is 19.7. The van der Waals surface area contributed by atoms with Gasteiger partial charge in [0.25, 0.3) is 11.8 Å². The van der Waals surface area contributed by atoms with Crippen molar-refractivity contribution in [2.24, 2.45) is 0 Å². The van der Waals surface area contributed by atoms with Crippen LogP contribution in [0, 0.1) is 11.6 Å². The predicted molar refractivity (Wildman–Crippen MR) is 121 cm³/mol. The van der Waals surface area contributed by atoms with Crippen molar-refractivity contribution in [3.05, 3.63) is 100 Å². The third-order valence-electron chi connectivity index (χ3n) is 5.78. The molecule has 0 saturated carbocycles. The van der Waals surface area contributed by atoms with Gasteiger partial charge in [-0.1, -0.05) is 29.8 Å². The lowest BCUT2D eigenvalue weighted by atomic mass is 10.0. The highest BCUT2D eigenvalue weighted by molar-refractivity contribution is 8.01. The van der Waals surface area contributed by atoms with Crippen LogP contribution in [0.2, 0.25) is 5.02 Å². The third-order valence-corrected chi connectivity index (χ3v) is 7.57. The Morgan fingerprint density at radius 1 is 1.03 bits per heavy atom. The lowest BCUT2D eigenvalue weighted by Gasteiger charge is -2.33. The maximum absolute atomic E-state index is 14.3. The van der Waals surface area contributed by atoms with Crippen LogP contribution in [0.1, 0.15) is 21.5 Å². The van der Waals surface area contributed by atoms with Gasteiger partial charge in [0, 0.05) is 28.4 Å². The zero-order chi connectivity index (χ0) is 22.5. The average Bonchev–Trinajstić information content (AvgIpc) is 3.32. The second-order valence-corrected chi connectivity index (χ2v) is 9.30. The number of benzene rings is 3. The highest BCUT2D eigenvalue weighted by Crippen LogP contribution is 2.55. The van der Waals surface area contributed by atoms with Gasteiger partial charge in [0.15, 0.2) is 4.87 Å². The molecule has 0 aliphatic carbocycles. The highest BCUT2D eigenvalue weighted by atomic mass is 35.5. The van der Waals surface area contributed by atoms with Crippen LogP contribution in [0.3, 0.4) is 0 Å². The van der Waals surface area contributed by atoms with Gasteiger partial charge in [-0.15, -0.1) is 11.8 Å². The minimum absolute atomic E-state index is 0.192. The first-order valence-corrected chi connectivity index (χ1v) is 11.3. The SMILES string of the molecule is O=C(c1ccc(F)cc1)N1CCS[C@@]12C(=O)N(Cc1ccccc1Cl)c1ccc(F)cc12. The summed E-state index contributed by atoms with van der Waals surface area (Å²) in [5.41, 5.74) is 1.99. The van der Waals surface area contributed by atoms with E-state index >= 15 is 0 Å². The molecule has 0 N–H and O–H groups in total. The Balaban J connectivity index is 1.60. The third kappa shape index (κ3) is 3.19. The van der Waals surface area contributed by atoms with Crippen molar-refractivity contribution in [2.45, 2.75) is 11.4 Å². The first-order chi connectivity index (χ1) is 15.4.